The molecule has 2 heterocycles. The minimum absolute atomic E-state index is 0.185. The number of aromatic amines is 1. The van der Waals surface area contributed by atoms with Crippen molar-refractivity contribution in [3.05, 3.63) is 102 Å². The van der Waals surface area contributed by atoms with Crippen molar-refractivity contribution in [2.45, 2.75) is 32.2 Å². The van der Waals surface area contributed by atoms with E-state index in [1.807, 2.05) is 42.5 Å². The van der Waals surface area contributed by atoms with Crippen LogP contribution in [0.3, 0.4) is 0 Å². The fourth-order valence-electron chi connectivity index (χ4n) is 4.49. The molecule has 5 rings (SSSR count). The molecule has 1 fully saturated rings. The van der Waals surface area contributed by atoms with Gasteiger partial charge in [0.05, 0.1) is 0 Å². The van der Waals surface area contributed by atoms with Crippen LogP contribution in [-0.2, 0) is 25.7 Å². The number of aromatic nitrogens is 1. The van der Waals surface area contributed by atoms with E-state index < -0.39 is 29.6 Å². The normalized spacial score (nSPS) is 16.5. The van der Waals surface area contributed by atoms with Gasteiger partial charge in [0, 0.05) is 42.4 Å². The van der Waals surface area contributed by atoms with E-state index in [4.69, 9.17) is 14.2 Å². The van der Waals surface area contributed by atoms with E-state index in [0.29, 0.717) is 11.3 Å². The Labute approximate surface area is 201 Å². The molecule has 0 radical (unpaired) electrons. The van der Waals surface area contributed by atoms with Gasteiger partial charge in [-0.25, -0.2) is 4.39 Å². The summed E-state index contributed by atoms with van der Waals surface area (Å²) in [7, 11) is 0. The van der Waals surface area contributed by atoms with E-state index in [1.54, 1.807) is 24.4 Å². The molecule has 35 heavy (non-hydrogen) atoms. The van der Waals surface area contributed by atoms with Gasteiger partial charge in [-0.3, -0.25) is 9.59 Å². The van der Waals surface area contributed by atoms with Crippen LogP contribution < -0.4 is 4.74 Å². The predicted molar refractivity (Wildman–Crippen MR) is 127 cm³/mol. The summed E-state index contributed by atoms with van der Waals surface area (Å²) in [5, 5.41) is 0.872. The molecule has 1 atom stereocenters. The molecule has 3 aromatic carbocycles. The first-order valence-electron chi connectivity index (χ1n) is 11.3. The first-order chi connectivity index (χ1) is 16.8. The Morgan fingerprint density at radius 3 is 2.31 bits per heavy atom. The number of rotatable bonds is 6. The highest BCUT2D eigenvalue weighted by molar-refractivity contribution is 5.99. The average molecular weight is 474 g/mol. The van der Waals surface area contributed by atoms with Crippen molar-refractivity contribution in [2.24, 2.45) is 5.92 Å². The lowest BCUT2D eigenvalue weighted by atomic mass is 9.79. The molecule has 0 bridgehead atoms. The maximum absolute atomic E-state index is 13.3. The predicted octanol–water partition coefficient (Wildman–Crippen LogP) is 5.47. The van der Waals surface area contributed by atoms with Gasteiger partial charge in [0.1, 0.15) is 18.2 Å². The largest absolute Gasteiger partial charge is 0.489 e. The third kappa shape index (κ3) is 4.49. The second-order valence-electron chi connectivity index (χ2n) is 8.94. The number of H-pyrrole nitrogens is 1. The van der Waals surface area contributed by atoms with E-state index in [9.17, 15) is 14.0 Å². The van der Waals surface area contributed by atoms with Gasteiger partial charge in [-0.1, -0.05) is 48.5 Å². The Bertz CT molecular complexity index is 1370. The molecule has 1 aromatic heterocycles. The lowest BCUT2D eigenvalue weighted by molar-refractivity contribution is -0.240. The molecule has 0 amide bonds. The Morgan fingerprint density at radius 1 is 0.914 bits per heavy atom. The topological polar surface area (TPSA) is 77.6 Å². The number of hydrogen-bond donors (Lipinski definition) is 1. The molecule has 7 heteroatoms. The zero-order chi connectivity index (χ0) is 24.6. The highest BCUT2D eigenvalue weighted by Gasteiger charge is 2.49. The lowest BCUT2D eigenvalue weighted by Crippen LogP contribution is -2.48. The third-order valence-corrected chi connectivity index (χ3v) is 6.05. The quantitative estimate of drug-likeness (QED) is 0.297. The molecule has 1 saturated heterocycles. The lowest BCUT2D eigenvalue weighted by Gasteiger charge is -2.36. The Hall–Kier alpha value is -4.13. The second kappa shape index (κ2) is 8.91. The monoisotopic (exact) mass is 473 g/mol. The summed E-state index contributed by atoms with van der Waals surface area (Å²) in [6, 6.07) is 20.9. The number of ether oxygens (including phenoxy) is 3. The van der Waals surface area contributed by atoms with Crippen LogP contribution in [0.5, 0.6) is 5.75 Å². The van der Waals surface area contributed by atoms with Crippen LogP contribution in [-0.4, -0.2) is 22.7 Å². The number of hydrogen-bond acceptors (Lipinski definition) is 5. The molecule has 4 aromatic rings. The van der Waals surface area contributed by atoms with Gasteiger partial charge in [-0.15, -0.1) is 0 Å². The maximum Gasteiger partial charge on any atom is 0.324 e. The molecular weight excluding hydrogens is 449 g/mol. The number of carbonyl (C=O) groups excluding carboxylic acids is 2. The average Bonchev–Trinajstić information content (AvgIpc) is 3.24. The highest BCUT2D eigenvalue weighted by atomic mass is 19.1. The van der Waals surface area contributed by atoms with Crippen molar-refractivity contribution in [3.63, 3.8) is 0 Å². The number of fused-ring (bicyclic) bond motifs is 1. The smallest absolute Gasteiger partial charge is 0.324 e. The van der Waals surface area contributed by atoms with Crippen LogP contribution >= 0.6 is 0 Å². The van der Waals surface area contributed by atoms with Crippen LogP contribution in [0.1, 0.15) is 36.5 Å². The molecule has 0 aliphatic carbocycles. The summed E-state index contributed by atoms with van der Waals surface area (Å²) >= 11 is 0. The standard InChI is InChI=1S/C28H24FNO5/c1-28(2)34-26(31)25(27(32)35-28)24(21-15-30-22-9-5-3-7-19(21)22)20-8-4-6-10-23(20)33-16-17-11-13-18(29)14-12-17/h3-15,24-25,30H,16H2,1-2H3/t24-/m0/s1. The summed E-state index contributed by atoms with van der Waals surface area (Å²) < 4.78 is 30.4. The van der Waals surface area contributed by atoms with Crippen molar-refractivity contribution in [1.29, 1.82) is 0 Å². The van der Waals surface area contributed by atoms with Gasteiger partial charge in [0.15, 0.2) is 5.92 Å². The SMILES string of the molecule is CC1(C)OC(=O)C([C@@H](c2ccccc2OCc2ccc(F)cc2)c2c[nH]c3ccccc23)C(=O)O1. The van der Waals surface area contributed by atoms with Crippen molar-refractivity contribution in [1.82, 2.24) is 4.98 Å². The number of halogens is 1. The zero-order valence-electron chi connectivity index (χ0n) is 19.3. The first-order valence-corrected chi connectivity index (χ1v) is 11.3. The Kier molecular flexibility index (Phi) is 5.76. The number of esters is 2. The molecule has 6 nitrogen and oxygen atoms in total. The maximum atomic E-state index is 13.3. The van der Waals surface area contributed by atoms with Gasteiger partial charge >= 0.3 is 11.9 Å². The number of cyclic esters (lactones) is 2. The van der Waals surface area contributed by atoms with Gasteiger partial charge in [-0.05, 0) is 35.4 Å². The van der Waals surface area contributed by atoms with Crippen LogP contribution in [0, 0.1) is 11.7 Å². The molecule has 178 valence electrons. The van der Waals surface area contributed by atoms with Gasteiger partial charge < -0.3 is 19.2 Å². The summed E-state index contributed by atoms with van der Waals surface area (Å²) in [5.74, 6) is -4.44. The van der Waals surface area contributed by atoms with Crippen LogP contribution in [0.15, 0.2) is 79.0 Å². The van der Waals surface area contributed by atoms with E-state index >= 15 is 0 Å². The summed E-state index contributed by atoms with van der Waals surface area (Å²) in [6.07, 6.45) is 1.80. The third-order valence-electron chi connectivity index (χ3n) is 6.05. The summed E-state index contributed by atoms with van der Waals surface area (Å²) in [5.41, 5.74) is 3.04. The molecule has 0 spiro atoms. The fourth-order valence-corrected chi connectivity index (χ4v) is 4.49. The van der Waals surface area contributed by atoms with E-state index in [0.717, 1.165) is 22.0 Å². The highest BCUT2D eigenvalue weighted by Crippen LogP contribution is 2.43. The van der Waals surface area contributed by atoms with E-state index in [-0.39, 0.29) is 12.4 Å². The Morgan fingerprint density at radius 2 is 1.57 bits per heavy atom. The minimum atomic E-state index is -1.34. The molecule has 0 saturated carbocycles. The summed E-state index contributed by atoms with van der Waals surface area (Å²) in [6.45, 7) is 3.24. The zero-order valence-corrected chi connectivity index (χ0v) is 19.3. The number of nitrogens with one attached hydrogen (secondary N) is 1. The van der Waals surface area contributed by atoms with Crippen molar-refractivity contribution in [2.75, 3.05) is 0 Å². The van der Waals surface area contributed by atoms with Crippen molar-refractivity contribution in [3.8, 4) is 5.75 Å². The number of para-hydroxylation sites is 2. The van der Waals surface area contributed by atoms with Gasteiger partial charge in [0.2, 0.25) is 0 Å². The molecule has 1 N–H and O–H groups in total. The van der Waals surface area contributed by atoms with Crippen LogP contribution in [0.2, 0.25) is 0 Å². The molecular formula is C28H24FNO5. The van der Waals surface area contributed by atoms with Crippen LogP contribution in [0.25, 0.3) is 10.9 Å². The van der Waals surface area contributed by atoms with Crippen LogP contribution in [0.4, 0.5) is 4.39 Å². The second-order valence-corrected chi connectivity index (χ2v) is 8.94. The molecule has 1 aliphatic rings. The first kappa shape index (κ1) is 22.7. The Balaban J connectivity index is 1.60. The van der Waals surface area contributed by atoms with Gasteiger partial charge in [0.25, 0.3) is 5.79 Å². The molecule has 0 unspecified atom stereocenters. The minimum Gasteiger partial charge on any atom is -0.489 e. The van der Waals surface area contributed by atoms with Crippen molar-refractivity contribution >= 4 is 22.8 Å². The fraction of sp³-hybridized carbons (Fsp3) is 0.214. The van der Waals surface area contributed by atoms with Gasteiger partial charge in [-0.2, -0.15) is 0 Å². The van der Waals surface area contributed by atoms with E-state index in [2.05, 4.69) is 4.98 Å². The van der Waals surface area contributed by atoms with E-state index in [1.165, 1.54) is 26.0 Å². The number of benzene rings is 3. The molecule has 1 aliphatic heterocycles. The number of carbonyl (C=O) groups is 2. The van der Waals surface area contributed by atoms with Crippen molar-refractivity contribution < 1.29 is 28.2 Å². The summed E-state index contributed by atoms with van der Waals surface area (Å²) in [4.78, 5) is 29.6.